The summed E-state index contributed by atoms with van der Waals surface area (Å²) in [6.45, 7) is 2.02. The lowest BCUT2D eigenvalue weighted by Crippen LogP contribution is -2.28. The second-order valence-electron chi connectivity index (χ2n) is 7.24. The van der Waals surface area contributed by atoms with Gasteiger partial charge in [0, 0.05) is 22.3 Å². The van der Waals surface area contributed by atoms with E-state index in [2.05, 4.69) is 23.7 Å². The summed E-state index contributed by atoms with van der Waals surface area (Å²) in [5.41, 5.74) is 5.51. The fraction of sp³-hybridized carbons (Fsp3) is 0.154. The molecule has 0 saturated carbocycles. The monoisotopic (exact) mass is 412 g/mol. The van der Waals surface area contributed by atoms with E-state index in [1.54, 1.807) is 11.8 Å². The van der Waals surface area contributed by atoms with Crippen molar-refractivity contribution in [1.29, 1.82) is 0 Å². The van der Waals surface area contributed by atoms with Crippen molar-refractivity contribution < 1.29 is 4.79 Å². The third-order valence-corrected chi connectivity index (χ3v) is 5.78. The van der Waals surface area contributed by atoms with Crippen molar-refractivity contribution in [2.45, 2.75) is 18.7 Å². The first-order valence-electron chi connectivity index (χ1n) is 10.0. The van der Waals surface area contributed by atoms with Crippen molar-refractivity contribution in [2.24, 2.45) is 0 Å². The molecule has 1 atom stereocenters. The molecule has 0 aliphatic rings. The van der Waals surface area contributed by atoms with Gasteiger partial charge < -0.3 is 5.32 Å². The van der Waals surface area contributed by atoms with Gasteiger partial charge in [-0.05, 0) is 24.8 Å². The van der Waals surface area contributed by atoms with Gasteiger partial charge in [0.15, 0.2) is 0 Å². The van der Waals surface area contributed by atoms with Gasteiger partial charge in [0.05, 0.1) is 22.8 Å². The predicted molar refractivity (Wildman–Crippen MR) is 127 cm³/mol. The summed E-state index contributed by atoms with van der Waals surface area (Å²) in [6, 6.07) is 28.0. The Kier molecular flexibility index (Phi) is 6.15. The Morgan fingerprint density at radius 1 is 0.933 bits per heavy atom. The van der Waals surface area contributed by atoms with Gasteiger partial charge in [0.25, 0.3) is 5.91 Å². The van der Waals surface area contributed by atoms with Gasteiger partial charge in [0.1, 0.15) is 0 Å². The highest BCUT2D eigenvalue weighted by Crippen LogP contribution is 2.32. The van der Waals surface area contributed by atoms with E-state index in [1.165, 1.54) is 0 Å². The van der Waals surface area contributed by atoms with Gasteiger partial charge in [-0.2, -0.15) is 11.8 Å². The number of hydrogen-bond acceptors (Lipinski definition) is 3. The normalized spacial score (nSPS) is 11.9. The average Bonchev–Trinajstić information content (AvgIpc) is 2.79. The smallest absolute Gasteiger partial charge is 0.252 e. The van der Waals surface area contributed by atoms with Gasteiger partial charge >= 0.3 is 0 Å². The van der Waals surface area contributed by atoms with Crippen molar-refractivity contribution in [3.63, 3.8) is 0 Å². The van der Waals surface area contributed by atoms with Crippen LogP contribution in [0, 0.1) is 0 Å². The lowest BCUT2D eigenvalue weighted by molar-refractivity contribution is 0.0941. The summed E-state index contributed by atoms with van der Waals surface area (Å²) in [5, 5.41) is 4.09. The summed E-state index contributed by atoms with van der Waals surface area (Å²) >= 11 is 1.70. The maximum Gasteiger partial charge on any atom is 0.252 e. The lowest BCUT2D eigenvalue weighted by Gasteiger charge is -2.19. The molecule has 0 radical (unpaired) electrons. The molecule has 4 rings (SSSR count). The number of para-hydroxylation sites is 1. The summed E-state index contributed by atoms with van der Waals surface area (Å²) in [4.78, 5) is 18.5. The SMILES string of the molecule is CSCc1c(-c2ccccc2)nc2ccccc2c1C(=O)NC(C)c1ccccc1. The molecular weight excluding hydrogens is 388 g/mol. The molecular formula is C26H24N2OS. The Hall–Kier alpha value is -3.11. The Morgan fingerprint density at radius 2 is 1.57 bits per heavy atom. The van der Waals surface area contributed by atoms with Crippen LogP contribution in [0.2, 0.25) is 0 Å². The van der Waals surface area contributed by atoms with Crippen LogP contribution >= 0.6 is 11.8 Å². The van der Waals surface area contributed by atoms with E-state index in [0.29, 0.717) is 5.75 Å². The van der Waals surface area contributed by atoms with Crippen LogP contribution in [0.25, 0.3) is 22.2 Å². The van der Waals surface area contributed by atoms with Gasteiger partial charge in [0.2, 0.25) is 0 Å². The molecule has 0 aliphatic carbocycles. The molecule has 0 aliphatic heterocycles. The third kappa shape index (κ3) is 4.10. The standard InChI is InChI=1S/C26H24N2OS/c1-18(19-11-5-3-6-12-19)27-26(29)24-21-15-9-10-16-23(21)28-25(22(24)17-30-2)20-13-7-4-8-14-20/h3-16,18H,17H2,1-2H3,(H,27,29). The number of carbonyl (C=O) groups excluding carboxylic acids is 1. The number of rotatable bonds is 6. The van der Waals surface area contributed by atoms with E-state index in [0.717, 1.165) is 38.9 Å². The topological polar surface area (TPSA) is 42.0 Å². The lowest BCUT2D eigenvalue weighted by atomic mass is 9.96. The van der Waals surface area contributed by atoms with Crippen LogP contribution < -0.4 is 5.32 Å². The molecule has 0 saturated heterocycles. The Labute approximate surface area is 181 Å². The highest BCUT2D eigenvalue weighted by molar-refractivity contribution is 7.97. The minimum atomic E-state index is -0.0899. The van der Waals surface area contributed by atoms with E-state index in [-0.39, 0.29) is 11.9 Å². The molecule has 4 aromatic rings. The van der Waals surface area contributed by atoms with Crippen LogP contribution in [0.1, 0.15) is 34.5 Å². The van der Waals surface area contributed by atoms with Gasteiger partial charge in [-0.3, -0.25) is 4.79 Å². The highest BCUT2D eigenvalue weighted by Gasteiger charge is 2.22. The summed E-state index contributed by atoms with van der Waals surface area (Å²) in [7, 11) is 0. The van der Waals surface area contributed by atoms with Crippen LogP contribution in [-0.2, 0) is 5.75 Å². The number of amides is 1. The largest absolute Gasteiger partial charge is 0.345 e. The molecule has 1 amide bonds. The molecule has 3 nitrogen and oxygen atoms in total. The highest BCUT2D eigenvalue weighted by atomic mass is 32.2. The van der Waals surface area contributed by atoms with Crippen molar-refractivity contribution in [1.82, 2.24) is 10.3 Å². The maximum absolute atomic E-state index is 13.6. The number of hydrogen-bond donors (Lipinski definition) is 1. The van der Waals surface area contributed by atoms with E-state index >= 15 is 0 Å². The Morgan fingerprint density at radius 3 is 2.27 bits per heavy atom. The first kappa shape index (κ1) is 20.2. The molecule has 0 bridgehead atoms. The van der Waals surface area contributed by atoms with Crippen molar-refractivity contribution in [3.05, 3.63) is 102 Å². The van der Waals surface area contributed by atoms with E-state index in [9.17, 15) is 4.79 Å². The zero-order chi connectivity index (χ0) is 20.9. The van der Waals surface area contributed by atoms with Crippen LogP contribution in [-0.4, -0.2) is 17.1 Å². The van der Waals surface area contributed by atoms with Crippen molar-refractivity contribution in [3.8, 4) is 11.3 Å². The number of pyridine rings is 1. The average molecular weight is 413 g/mol. The maximum atomic E-state index is 13.6. The molecule has 0 fully saturated rings. The second kappa shape index (κ2) is 9.14. The van der Waals surface area contributed by atoms with E-state index in [4.69, 9.17) is 4.98 Å². The minimum absolute atomic E-state index is 0.0637. The molecule has 150 valence electrons. The molecule has 30 heavy (non-hydrogen) atoms. The number of nitrogens with one attached hydrogen (secondary N) is 1. The van der Waals surface area contributed by atoms with Gasteiger partial charge in [-0.15, -0.1) is 0 Å². The number of nitrogens with zero attached hydrogens (tertiary/aromatic N) is 1. The molecule has 3 aromatic carbocycles. The zero-order valence-electron chi connectivity index (χ0n) is 17.1. The molecule has 1 heterocycles. The van der Waals surface area contributed by atoms with Crippen LogP contribution in [0.15, 0.2) is 84.9 Å². The molecule has 1 N–H and O–H groups in total. The minimum Gasteiger partial charge on any atom is -0.345 e. The van der Waals surface area contributed by atoms with Gasteiger partial charge in [-0.25, -0.2) is 4.98 Å². The summed E-state index contributed by atoms with van der Waals surface area (Å²) in [6.07, 6.45) is 2.05. The Balaban J connectivity index is 1.86. The first-order valence-corrected chi connectivity index (χ1v) is 11.4. The molecule has 1 unspecified atom stereocenters. The number of aromatic nitrogens is 1. The van der Waals surface area contributed by atoms with Crippen LogP contribution in [0.3, 0.4) is 0 Å². The summed E-state index contributed by atoms with van der Waals surface area (Å²) in [5.74, 6) is 0.649. The summed E-state index contributed by atoms with van der Waals surface area (Å²) < 4.78 is 0. The number of thioether (sulfide) groups is 1. The number of benzene rings is 3. The number of carbonyl (C=O) groups is 1. The predicted octanol–water partition coefficient (Wildman–Crippen LogP) is 6.26. The van der Waals surface area contributed by atoms with E-state index in [1.807, 2.05) is 79.7 Å². The Bertz CT molecular complexity index is 1160. The number of fused-ring (bicyclic) bond motifs is 1. The zero-order valence-corrected chi connectivity index (χ0v) is 17.9. The molecule has 4 heteroatoms. The van der Waals surface area contributed by atoms with Crippen LogP contribution in [0.4, 0.5) is 0 Å². The molecule has 0 spiro atoms. The van der Waals surface area contributed by atoms with Crippen molar-refractivity contribution in [2.75, 3.05) is 6.26 Å². The first-order chi connectivity index (χ1) is 14.7. The fourth-order valence-electron chi connectivity index (χ4n) is 3.72. The third-order valence-electron chi connectivity index (χ3n) is 5.20. The second-order valence-corrected chi connectivity index (χ2v) is 8.10. The van der Waals surface area contributed by atoms with Crippen LogP contribution in [0.5, 0.6) is 0 Å². The molecule has 1 aromatic heterocycles. The van der Waals surface area contributed by atoms with E-state index < -0.39 is 0 Å². The quantitative estimate of drug-likeness (QED) is 0.407. The van der Waals surface area contributed by atoms with Gasteiger partial charge in [-0.1, -0.05) is 78.9 Å². The van der Waals surface area contributed by atoms with Crippen molar-refractivity contribution >= 4 is 28.6 Å². The fourth-order valence-corrected chi connectivity index (χ4v) is 4.29.